The number of rotatable bonds is 4. The molecule has 0 saturated heterocycles. The predicted molar refractivity (Wildman–Crippen MR) is 76.5 cm³/mol. The quantitative estimate of drug-likeness (QED) is 0.637. The molecule has 0 fully saturated rings. The molecule has 8 heteroatoms. The maximum absolute atomic E-state index is 12.3. The standard InChI is InChI=1S/C11H19N2O4PS/c1-8(9(2)18(15,16-4)17-5)13-7-6-10(14)12(3)11(13)19/h6-7,11,19H,1-5H3/b9-8-. The van der Waals surface area contributed by atoms with Crippen LogP contribution >= 0.6 is 20.2 Å². The topological polar surface area (TPSA) is 59.1 Å². The number of likely N-dealkylation sites (N-methyl/N-ethyl adjacent to an activating group) is 1. The van der Waals surface area contributed by atoms with Gasteiger partial charge in [0, 0.05) is 39.2 Å². The highest BCUT2D eigenvalue weighted by Gasteiger charge is 2.31. The summed E-state index contributed by atoms with van der Waals surface area (Å²) >= 11 is 4.37. The molecule has 0 N–H and O–H groups in total. The predicted octanol–water partition coefficient (Wildman–Crippen LogP) is 2.22. The molecule has 1 atom stereocenters. The summed E-state index contributed by atoms with van der Waals surface area (Å²) in [5.74, 6) is -0.136. The lowest BCUT2D eigenvalue weighted by atomic mass is 10.3. The first-order valence-electron chi connectivity index (χ1n) is 5.59. The Morgan fingerprint density at radius 2 is 1.89 bits per heavy atom. The second-order valence-corrected chi connectivity index (χ2v) is 6.91. The van der Waals surface area contributed by atoms with Gasteiger partial charge in [-0.1, -0.05) is 0 Å². The van der Waals surface area contributed by atoms with Gasteiger partial charge in [0.1, 0.15) is 0 Å². The minimum absolute atomic E-state index is 0.136. The van der Waals surface area contributed by atoms with Crippen molar-refractivity contribution in [1.29, 1.82) is 0 Å². The van der Waals surface area contributed by atoms with Crippen molar-refractivity contribution in [2.24, 2.45) is 0 Å². The average Bonchev–Trinajstić information content (AvgIpc) is 2.42. The van der Waals surface area contributed by atoms with Gasteiger partial charge < -0.3 is 18.8 Å². The van der Waals surface area contributed by atoms with E-state index in [0.29, 0.717) is 11.0 Å². The molecule has 0 radical (unpaired) electrons. The van der Waals surface area contributed by atoms with E-state index in [1.54, 1.807) is 32.0 Å². The van der Waals surface area contributed by atoms with Crippen LogP contribution in [0.15, 0.2) is 23.3 Å². The number of carbonyl (C=O) groups excluding carboxylic acids is 1. The van der Waals surface area contributed by atoms with Gasteiger partial charge in [-0.15, -0.1) is 12.6 Å². The van der Waals surface area contributed by atoms with E-state index in [9.17, 15) is 9.36 Å². The fraction of sp³-hybridized carbons (Fsp3) is 0.545. The van der Waals surface area contributed by atoms with Crippen molar-refractivity contribution in [3.8, 4) is 0 Å². The fourth-order valence-electron chi connectivity index (χ4n) is 1.66. The zero-order valence-corrected chi connectivity index (χ0v) is 13.4. The molecule has 0 aliphatic carbocycles. The second-order valence-electron chi connectivity index (χ2n) is 4.05. The number of carbonyl (C=O) groups is 1. The van der Waals surface area contributed by atoms with Crippen LogP contribution in [-0.2, 0) is 18.4 Å². The molecule has 108 valence electrons. The third-order valence-corrected chi connectivity index (χ3v) is 5.82. The molecule has 0 spiro atoms. The van der Waals surface area contributed by atoms with Gasteiger partial charge in [-0.2, -0.15) is 0 Å². The number of thiol groups is 1. The van der Waals surface area contributed by atoms with Crippen LogP contribution in [0.1, 0.15) is 13.8 Å². The van der Waals surface area contributed by atoms with Crippen LogP contribution in [0.5, 0.6) is 0 Å². The molecular formula is C11H19N2O4PS. The highest BCUT2D eigenvalue weighted by molar-refractivity contribution is 7.80. The molecule has 6 nitrogen and oxygen atoms in total. The summed E-state index contributed by atoms with van der Waals surface area (Å²) in [5, 5.41) is 0.476. The number of hydrogen-bond donors (Lipinski definition) is 1. The van der Waals surface area contributed by atoms with Crippen LogP contribution in [-0.4, -0.2) is 42.5 Å². The van der Waals surface area contributed by atoms with Crippen LogP contribution in [0.3, 0.4) is 0 Å². The molecule has 1 heterocycles. The van der Waals surface area contributed by atoms with Gasteiger partial charge in [0.15, 0.2) is 5.50 Å². The van der Waals surface area contributed by atoms with Crippen LogP contribution < -0.4 is 0 Å². The first-order chi connectivity index (χ1) is 8.78. The van der Waals surface area contributed by atoms with Crippen LogP contribution in [0.25, 0.3) is 0 Å². The van der Waals surface area contributed by atoms with E-state index < -0.39 is 13.1 Å². The Hall–Kier alpha value is -0.750. The van der Waals surface area contributed by atoms with E-state index in [1.807, 2.05) is 0 Å². The maximum Gasteiger partial charge on any atom is 0.358 e. The second kappa shape index (κ2) is 6.13. The molecule has 1 aliphatic rings. The molecule has 1 amide bonds. The Morgan fingerprint density at radius 3 is 2.37 bits per heavy atom. The molecule has 0 aromatic carbocycles. The summed E-state index contributed by atoms with van der Waals surface area (Å²) in [4.78, 5) is 14.7. The van der Waals surface area contributed by atoms with Crippen molar-refractivity contribution in [3.63, 3.8) is 0 Å². The van der Waals surface area contributed by atoms with E-state index >= 15 is 0 Å². The van der Waals surface area contributed by atoms with Crippen molar-refractivity contribution in [2.45, 2.75) is 19.3 Å². The summed E-state index contributed by atoms with van der Waals surface area (Å²) in [7, 11) is 1.02. The highest BCUT2D eigenvalue weighted by Crippen LogP contribution is 2.56. The van der Waals surface area contributed by atoms with E-state index in [1.165, 1.54) is 25.2 Å². The zero-order chi connectivity index (χ0) is 14.8. The van der Waals surface area contributed by atoms with Gasteiger partial charge >= 0.3 is 7.60 Å². The van der Waals surface area contributed by atoms with Crippen LogP contribution in [0.4, 0.5) is 0 Å². The van der Waals surface area contributed by atoms with Crippen molar-refractivity contribution >= 4 is 26.1 Å². The molecule has 1 rings (SSSR count). The Bertz CT molecular complexity index is 469. The monoisotopic (exact) mass is 306 g/mol. The maximum atomic E-state index is 12.3. The van der Waals surface area contributed by atoms with Crippen molar-refractivity contribution in [2.75, 3.05) is 21.3 Å². The molecule has 0 aromatic rings. The molecule has 19 heavy (non-hydrogen) atoms. The van der Waals surface area contributed by atoms with Gasteiger partial charge in [0.25, 0.3) is 0 Å². The Kier molecular flexibility index (Phi) is 5.26. The lowest BCUT2D eigenvalue weighted by Crippen LogP contribution is -2.45. The van der Waals surface area contributed by atoms with Gasteiger partial charge in [-0.05, 0) is 13.8 Å². The van der Waals surface area contributed by atoms with Gasteiger partial charge in [0.2, 0.25) is 5.91 Å². The largest absolute Gasteiger partial charge is 0.358 e. The highest BCUT2D eigenvalue weighted by atomic mass is 32.1. The third-order valence-electron chi connectivity index (χ3n) is 3.12. The Morgan fingerprint density at radius 1 is 1.37 bits per heavy atom. The number of amides is 1. The van der Waals surface area contributed by atoms with Crippen LogP contribution in [0, 0.1) is 0 Å². The fourth-order valence-corrected chi connectivity index (χ4v) is 3.23. The van der Waals surface area contributed by atoms with Crippen LogP contribution in [0.2, 0.25) is 0 Å². The summed E-state index contributed by atoms with van der Waals surface area (Å²) < 4.78 is 22.3. The number of nitrogens with zero attached hydrogens (tertiary/aromatic N) is 2. The van der Waals surface area contributed by atoms with Gasteiger partial charge in [-0.3, -0.25) is 9.36 Å². The molecule has 1 aliphatic heterocycles. The van der Waals surface area contributed by atoms with Crippen molar-refractivity contribution < 1.29 is 18.4 Å². The van der Waals surface area contributed by atoms with Crippen molar-refractivity contribution in [3.05, 3.63) is 23.3 Å². The normalized spacial score (nSPS) is 21.8. The summed E-state index contributed by atoms with van der Waals surface area (Å²) in [6.07, 6.45) is 3.03. The lowest BCUT2D eigenvalue weighted by molar-refractivity contribution is -0.127. The molecular weight excluding hydrogens is 287 g/mol. The number of allylic oxidation sites excluding steroid dienone is 2. The first kappa shape index (κ1) is 16.3. The summed E-state index contributed by atoms with van der Waals surface area (Å²) in [5.41, 5.74) is 0.206. The van der Waals surface area contributed by atoms with E-state index in [2.05, 4.69) is 12.6 Å². The summed E-state index contributed by atoms with van der Waals surface area (Å²) in [6.45, 7) is 3.45. The molecule has 0 saturated carbocycles. The average molecular weight is 306 g/mol. The van der Waals surface area contributed by atoms with E-state index in [4.69, 9.17) is 9.05 Å². The minimum atomic E-state index is -3.29. The minimum Gasteiger partial charge on any atom is -0.322 e. The Balaban J connectivity index is 3.19. The lowest BCUT2D eigenvalue weighted by Gasteiger charge is -2.37. The van der Waals surface area contributed by atoms with Crippen molar-refractivity contribution in [1.82, 2.24) is 9.80 Å². The summed E-state index contributed by atoms with van der Waals surface area (Å²) in [6, 6.07) is 0. The zero-order valence-electron chi connectivity index (χ0n) is 11.7. The smallest absolute Gasteiger partial charge is 0.322 e. The van der Waals surface area contributed by atoms with E-state index in [-0.39, 0.29) is 5.91 Å². The van der Waals surface area contributed by atoms with Gasteiger partial charge in [0.05, 0.1) is 5.31 Å². The van der Waals surface area contributed by atoms with E-state index in [0.717, 1.165) is 0 Å². The molecule has 1 unspecified atom stereocenters. The Labute approximate surface area is 119 Å². The van der Waals surface area contributed by atoms with Gasteiger partial charge in [-0.25, -0.2) is 0 Å². The molecule has 0 aromatic heterocycles. The number of hydrogen-bond acceptors (Lipinski definition) is 6. The first-order valence-corrected chi connectivity index (χ1v) is 7.65. The SMILES string of the molecule is COP(=O)(OC)/C(C)=C(/C)N1C=CC(=O)N(C)C1S. The third kappa shape index (κ3) is 3.05. The molecule has 0 bridgehead atoms.